The van der Waals surface area contributed by atoms with E-state index in [4.69, 9.17) is 10.8 Å². The Kier molecular flexibility index (Phi) is 5.73. The van der Waals surface area contributed by atoms with Crippen molar-refractivity contribution in [3.63, 3.8) is 0 Å². The number of aliphatic hydroxyl groups excluding tert-OH is 1. The molecule has 0 amide bonds. The van der Waals surface area contributed by atoms with Gasteiger partial charge in [0, 0.05) is 19.3 Å². The van der Waals surface area contributed by atoms with Gasteiger partial charge in [-0.05, 0) is 12.1 Å². The van der Waals surface area contributed by atoms with Gasteiger partial charge in [0.15, 0.2) is 0 Å². The summed E-state index contributed by atoms with van der Waals surface area (Å²) in [6.07, 6.45) is -1.76. The molecule has 0 saturated heterocycles. The molecule has 0 spiro atoms. The topological polar surface area (TPSA) is 96.5 Å². The average Bonchev–Trinajstić information content (AvgIpc) is 2.38. The molecule has 19 heavy (non-hydrogen) atoms. The maximum Gasteiger partial charge on any atom is 0.252 e. The van der Waals surface area contributed by atoms with Crippen LogP contribution >= 0.6 is 0 Å². The summed E-state index contributed by atoms with van der Waals surface area (Å²) < 4.78 is 49.4. The van der Waals surface area contributed by atoms with E-state index in [1.54, 1.807) is 0 Å². The predicted octanol–water partition coefficient (Wildman–Crippen LogP) is -0.212. The van der Waals surface area contributed by atoms with Crippen molar-refractivity contribution in [2.24, 2.45) is 5.73 Å². The maximum atomic E-state index is 12.4. The number of nitrogens with zero attached hydrogens (tertiary/aromatic N) is 2. The van der Waals surface area contributed by atoms with Crippen molar-refractivity contribution in [3.05, 3.63) is 24.0 Å². The number of aromatic nitrogens is 1. The summed E-state index contributed by atoms with van der Waals surface area (Å²) in [6, 6.07) is 2.66. The molecular formula is C10H15F2N3O3S. The fraction of sp³-hybridized carbons (Fsp3) is 0.500. The molecule has 0 radical (unpaired) electrons. The number of hydrogen-bond donors (Lipinski definition) is 2. The van der Waals surface area contributed by atoms with Crippen molar-refractivity contribution in [1.82, 2.24) is 9.29 Å². The summed E-state index contributed by atoms with van der Waals surface area (Å²) in [5.41, 5.74) is 5.82. The molecule has 0 aliphatic rings. The molecule has 6 nitrogen and oxygen atoms in total. The van der Waals surface area contributed by atoms with Crippen molar-refractivity contribution >= 4 is 10.0 Å². The van der Waals surface area contributed by atoms with Crippen LogP contribution in [-0.2, 0) is 16.6 Å². The molecule has 1 rings (SSSR count). The van der Waals surface area contributed by atoms with Crippen molar-refractivity contribution < 1.29 is 22.3 Å². The molecule has 0 fully saturated rings. The Morgan fingerprint density at radius 3 is 2.53 bits per heavy atom. The third kappa shape index (κ3) is 4.16. The van der Waals surface area contributed by atoms with Gasteiger partial charge in [0.25, 0.3) is 6.43 Å². The molecule has 0 bridgehead atoms. The van der Waals surface area contributed by atoms with Crippen LogP contribution in [0.1, 0.15) is 5.69 Å². The fourth-order valence-corrected chi connectivity index (χ4v) is 2.76. The Morgan fingerprint density at radius 1 is 1.42 bits per heavy atom. The van der Waals surface area contributed by atoms with Crippen LogP contribution in [0.25, 0.3) is 0 Å². The Labute approximate surface area is 109 Å². The first-order chi connectivity index (χ1) is 8.91. The molecule has 1 aromatic heterocycles. The minimum Gasteiger partial charge on any atom is -0.395 e. The van der Waals surface area contributed by atoms with Gasteiger partial charge in [-0.1, -0.05) is 0 Å². The first-order valence-electron chi connectivity index (χ1n) is 5.46. The third-order valence-corrected chi connectivity index (χ3v) is 4.18. The highest BCUT2D eigenvalue weighted by Gasteiger charge is 2.27. The molecule has 0 unspecified atom stereocenters. The molecule has 0 aromatic carbocycles. The lowest BCUT2D eigenvalue weighted by Crippen LogP contribution is -2.37. The summed E-state index contributed by atoms with van der Waals surface area (Å²) >= 11 is 0. The number of alkyl halides is 2. The largest absolute Gasteiger partial charge is 0.395 e. The standard InChI is InChI=1S/C10H15F2N3O3S/c11-10(12)7-15(3-4-16)19(17,18)9-2-1-8(5-13)14-6-9/h1-2,6,10,16H,3-5,7,13H2. The Bertz CT molecular complexity index is 493. The van der Waals surface area contributed by atoms with Gasteiger partial charge in [-0.15, -0.1) is 0 Å². The Morgan fingerprint density at radius 2 is 2.11 bits per heavy atom. The van der Waals surface area contributed by atoms with Crippen LogP contribution in [0, 0.1) is 0 Å². The number of hydrogen-bond acceptors (Lipinski definition) is 5. The average molecular weight is 295 g/mol. The SMILES string of the molecule is NCc1ccc(S(=O)(=O)N(CCO)CC(F)F)cn1. The molecule has 3 N–H and O–H groups in total. The van der Waals surface area contributed by atoms with Gasteiger partial charge in [0.05, 0.1) is 18.8 Å². The number of rotatable bonds is 7. The molecule has 1 heterocycles. The minimum absolute atomic E-state index is 0.151. The van der Waals surface area contributed by atoms with E-state index in [2.05, 4.69) is 4.98 Å². The van der Waals surface area contributed by atoms with E-state index in [0.717, 1.165) is 6.20 Å². The Hall–Kier alpha value is -1.16. The quantitative estimate of drug-likeness (QED) is 0.725. The number of aliphatic hydroxyl groups is 1. The normalized spacial score (nSPS) is 12.3. The first kappa shape index (κ1) is 15.9. The van der Waals surface area contributed by atoms with Crippen LogP contribution in [0.15, 0.2) is 23.2 Å². The molecule has 9 heteroatoms. The zero-order chi connectivity index (χ0) is 14.5. The van der Waals surface area contributed by atoms with Gasteiger partial charge in [0.2, 0.25) is 10.0 Å². The van der Waals surface area contributed by atoms with E-state index in [9.17, 15) is 17.2 Å². The number of sulfonamides is 1. The molecule has 0 atom stereocenters. The Balaban J connectivity index is 3.03. The second kappa shape index (κ2) is 6.85. The molecule has 0 aliphatic heterocycles. The number of halogens is 2. The zero-order valence-electron chi connectivity index (χ0n) is 10.0. The van der Waals surface area contributed by atoms with E-state index in [-0.39, 0.29) is 11.4 Å². The summed E-state index contributed by atoms with van der Waals surface area (Å²) in [6.45, 7) is -1.76. The van der Waals surface area contributed by atoms with E-state index in [1.165, 1.54) is 12.1 Å². The van der Waals surface area contributed by atoms with Crippen molar-refractivity contribution in [2.75, 3.05) is 19.7 Å². The van der Waals surface area contributed by atoms with Crippen molar-refractivity contribution in [3.8, 4) is 0 Å². The van der Waals surface area contributed by atoms with E-state index in [0.29, 0.717) is 10.00 Å². The fourth-order valence-electron chi connectivity index (χ4n) is 1.41. The van der Waals surface area contributed by atoms with Gasteiger partial charge >= 0.3 is 0 Å². The second-order valence-electron chi connectivity index (χ2n) is 3.67. The van der Waals surface area contributed by atoms with Gasteiger partial charge in [-0.3, -0.25) is 4.98 Å². The lowest BCUT2D eigenvalue weighted by Gasteiger charge is -2.20. The lowest BCUT2D eigenvalue weighted by molar-refractivity contribution is 0.113. The smallest absolute Gasteiger partial charge is 0.252 e. The zero-order valence-corrected chi connectivity index (χ0v) is 10.9. The van der Waals surface area contributed by atoms with Crippen LogP contribution in [0.4, 0.5) is 8.78 Å². The molecule has 0 aliphatic carbocycles. The van der Waals surface area contributed by atoms with Crippen molar-refractivity contribution in [2.45, 2.75) is 17.9 Å². The number of pyridine rings is 1. The first-order valence-corrected chi connectivity index (χ1v) is 6.90. The molecule has 1 aromatic rings. The predicted molar refractivity (Wildman–Crippen MR) is 64.0 cm³/mol. The second-order valence-corrected chi connectivity index (χ2v) is 5.61. The molecular weight excluding hydrogens is 280 g/mol. The third-order valence-electron chi connectivity index (χ3n) is 2.34. The summed E-state index contributed by atoms with van der Waals surface area (Å²) in [5, 5.41) is 8.76. The van der Waals surface area contributed by atoms with Crippen LogP contribution in [-0.4, -0.2) is 48.9 Å². The van der Waals surface area contributed by atoms with Crippen LogP contribution in [0.5, 0.6) is 0 Å². The number of nitrogens with two attached hydrogens (primary N) is 1. The van der Waals surface area contributed by atoms with E-state index in [1.807, 2.05) is 0 Å². The summed E-state index contributed by atoms with van der Waals surface area (Å²) in [5.74, 6) is 0. The van der Waals surface area contributed by atoms with Crippen molar-refractivity contribution in [1.29, 1.82) is 0 Å². The molecule has 108 valence electrons. The van der Waals surface area contributed by atoms with Crippen LogP contribution < -0.4 is 5.73 Å². The van der Waals surface area contributed by atoms with E-state index < -0.39 is 36.1 Å². The van der Waals surface area contributed by atoms with Crippen LogP contribution in [0.3, 0.4) is 0 Å². The van der Waals surface area contributed by atoms with E-state index >= 15 is 0 Å². The summed E-state index contributed by atoms with van der Waals surface area (Å²) in [7, 11) is -4.09. The van der Waals surface area contributed by atoms with Gasteiger partial charge in [0.1, 0.15) is 4.90 Å². The monoisotopic (exact) mass is 295 g/mol. The minimum atomic E-state index is -4.09. The highest BCUT2D eigenvalue weighted by molar-refractivity contribution is 7.89. The van der Waals surface area contributed by atoms with Gasteiger partial charge in [-0.25, -0.2) is 17.2 Å². The maximum absolute atomic E-state index is 12.4. The van der Waals surface area contributed by atoms with Crippen LogP contribution in [0.2, 0.25) is 0 Å². The highest BCUT2D eigenvalue weighted by atomic mass is 32.2. The summed E-state index contributed by atoms with van der Waals surface area (Å²) in [4.78, 5) is 3.59. The van der Waals surface area contributed by atoms with Gasteiger partial charge in [-0.2, -0.15) is 4.31 Å². The lowest BCUT2D eigenvalue weighted by atomic mass is 10.4. The molecule has 0 saturated carbocycles. The van der Waals surface area contributed by atoms with Gasteiger partial charge < -0.3 is 10.8 Å². The highest BCUT2D eigenvalue weighted by Crippen LogP contribution is 2.16.